The number of ether oxygens (including phenoxy) is 1. The minimum Gasteiger partial charge on any atom is -0.377 e. The van der Waals surface area contributed by atoms with Gasteiger partial charge in [0.25, 0.3) is 5.91 Å². The third-order valence-electron chi connectivity index (χ3n) is 5.82. The normalized spacial score (nSPS) is 16.9. The van der Waals surface area contributed by atoms with Gasteiger partial charge in [0.2, 0.25) is 0 Å². The summed E-state index contributed by atoms with van der Waals surface area (Å²) >= 11 is 6.39. The molecule has 0 spiro atoms. The first-order valence-corrected chi connectivity index (χ1v) is 10.5. The van der Waals surface area contributed by atoms with Crippen molar-refractivity contribution in [2.24, 2.45) is 5.73 Å². The molecule has 3 heterocycles. The highest BCUT2D eigenvalue weighted by Crippen LogP contribution is 2.33. The van der Waals surface area contributed by atoms with Gasteiger partial charge >= 0.3 is 0 Å². The quantitative estimate of drug-likeness (QED) is 0.528. The number of para-hydroxylation sites is 1. The number of amides is 1. The van der Waals surface area contributed by atoms with Crippen molar-refractivity contribution in [3.8, 4) is 5.69 Å². The number of pyridine rings is 1. The lowest BCUT2D eigenvalue weighted by Gasteiger charge is -2.35. The minimum absolute atomic E-state index is 0.185. The highest BCUT2D eigenvalue weighted by Gasteiger charge is 2.24. The first-order chi connectivity index (χ1) is 15.0. The molecule has 2 N–H and O–H groups in total. The third kappa shape index (κ3) is 3.21. The van der Waals surface area contributed by atoms with Crippen molar-refractivity contribution in [3.05, 3.63) is 59.0 Å². The van der Waals surface area contributed by atoms with E-state index in [2.05, 4.69) is 22.9 Å². The Balaban J connectivity index is 1.82. The molecular formula is C23H22ClN5O2. The molecule has 0 aliphatic carbocycles. The Labute approximate surface area is 184 Å². The molecule has 1 amide bonds. The number of nitrogens with zero attached hydrogens (tertiary/aromatic N) is 4. The number of fused-ring (bicyclic) bond motifs is 2. The van der Waals surface area contributed by atoms with Crippen LogP contribution in [0.1, 0.15) is 23.1 Å². The van der Waals surface area contributed by atoms with Crippen molar-refractivity contribution in [2.45, 2.75) is 19.9 Å². The molecule has 1 fully saturated rings. The van der Waals surface area contributed by atoms with Gasteiger partial charge in [-0.2, -0.15) is 0 Å². The van der Waals surface area contributed by atoms with Crippen molar-refractivity contribution in [1.82, 2.24) is 14.5 Å². The van der Waals surface area contributed by atoms with E-state index in [4.69, 9.17) is 27.1 Å². The largest absolute Gasteiger partial charge is 0.377 e. The summed E-state index contributed by atoms with van der Waals surface area (Å²) in [6, 6.07) is 11.7. The first-order valence-electron chi connectivity index (χ1n) is 10.2. The summed E-state index contributed by atoms with van der Waals surface area (Å²) in [4.78, 5) is 23.7. The smallest absolute Gasteiger partial charge is 0.251 e. The summed E-state index contributed by atoms with van der Waals surface area (Å²) in [6.45, 7) is 6.04. The maximum Gasteiger partial charge on any atom is 0.251 e. The van der Waals surface area contributed by atoms with Gasteiger partial charge in [-0.3, -0.25) is 14.3 Å². The van der Waals surface area contributed by atoms with Crippen LogP contribution in [0.2, 0.25) is 5.02 Å². The molecule has 1 unspecified atom stereocenters. The number of halogens is 1. The molecule has 0 bridgehead atoms. The van der Waals surface area contributed by atoms with Crippen LogP contribution >= 0.6 is 11.6 Å². The van der Waals surface area contributed by atoms with Gasteiger partial charge in [0, 0.05) is 29.9 Å². The van der Waals surface area contributed by atoms with Crippen LogP contribution in [0.4, 0.5) is 5.69 Å². The van der Waals surface area contributed by atoms with Crippen LogP contribution in [0.25, 0.3) is 27.6 Å². The Bertz CT molecular complexity index is 1330. The van der Waals surface area contributed by atoms with Gasteiger partial charge in [-0.25, -0.2) is 4.98 Å². The van der Waals surface area contributed by atoms with Crippen molar-refractivity contribution in [3.63, 3.8) is 0 Å². The molecule has 1 atom stereocenters. The molecule has 1 saturated heterocycles. The number of carbonyl (C=O) groups is 1. The van der Waals surface area contributed by atoms with Crippen LogP contribution in [0.5, 0.6) is 0 Å². The van der Waals surface area contributed by atoms with Gasteiger partial charge in [0.1, 0.15) is 11.3 Å². The third-order valence-corrected chi connectivity index (χ3v) is 6.12. The SMILES string of the molecule is Cc1nc2c(C(N)=O)cc(N3CCOCC3C)cc2n1-c1ccnc2c(Cl)cccc12. The number of rotatable bonds is 3. The molecule has 1 aliphatic rings. The second-order valence-corrected chi connectivity index (χ2v) is 8.21. The zero-order chi connectivity index (χ0) is 21.7. The summed E-state index contributed by atoms with van der Waals surface area (Å²) in [5, 5.41) is 1.49. The van der Waals surface area contributed by atoms with E-state index in [1.165, 1.54) is 0 Å². The van der Waals surface area contributed by atoms with E-state index in [-0.39, 0.29) is 6.04 Å². The number of anilines is 1. The van der Waals surface area contributed by atoms with Gasteiger partial charge < -0.3 is 15.4 Å². The lowest BCUT2D eigenvalue weighted by Crippen LogP contribution is -2.43. The number of primary amides is 1. The maximum atomic E-state index is 12.3. The van der Waals surface area contributed by atoms with E-state index < -0.39 is 5.91 Å². The van der Waals surface area contributed by atoms with E-state index in [1.54, 1.807) is 6.20 Å². The summed E-state index contributed by atoms with van der Waals surface area (Å²) in [6.07, 6.45) is 1.73. The summed E-state index contributed by atoms with van der Waals surface area (Å²) in [7, 11) is 0. The van der Waals surface area contributed by atoms with Crippen LogP contribution in [-0.4, -0.2) is 46.2 Å². The molecule has 1 aliphatic heterocycles. The fourth-order valence-corrected chi connectivity index (χ4v) is 4.59. The standard InChI is InChI=1S/C23H22ClN5O2/c1-13-12-31-9-8-28(13)15-10-17(23(25)30)22-20(11-15)29(14(2)27-22)19-6-7-26-21-16(19)4-3-5-18(21)24/h3-7,10-11,13H,8-9,12H2,1-2H3,(H2,25,30). The number of imidazole rings is 1. The zero-order valence-electron chi connectivity index (χ0n) is 17.3. The monoisotopic (exact) mass is 435 g/mol. The number of aryl methyl sites for hydroxylation is 1. The number of benzene rings is 2. The Morgan fingerprint density at radius 2 is 2.10 bits per heavy atom. The van der Waals surface area contributed by atoms with Crippen molar-refractivity contribution >= 4 is 45.1 Å². The van der Waals surface area contributed by atoms with Gasteiger partial charge in [-0.1, -0.05) is 23.7 Å². The molecule has 7 nitrogen and oxygen atoms in total. The molecule has 0 saturated carbocycles. The summed E-state index contributed by atoms with van der Waals surface area (Å²) in [5.41, 5.74) is 10.1. The predicted molar refractivity (Wildman–Crippen MR) is 122 cm³/mol. The first kappa shape index (κ1) is 19.8. The second-order valence-electron chi connectivity index (χ2n) is 7.80. The molecule has 158 valence electrons. The fourth-order valence-electron chi connectivity index (χ4n) is 4.37. The van der Waals surface area contributed by atoms with Crippen LogP contribution < -0.4 is 10.6 Å². The number of carbonyl (C=O) groups excluding carboxylic acids is 1. The van der Waals surface area contributed by atoms with E-state index in [0.29, 0.717) is 29.3 Å². The number of hydrogen-bond donors (Lipinski definition) is 1. The number of hydrogen-bond acceptors (Lipinski definition) is 5. The average molecular weight is 436 g/mol. The van der Waals surface area contributed by atoms with E-state index in [1.807, 2.05) is 41.8 Å². The predicted octanol–water partition coefficient (Wildman–Crippen LogP) is 3.86. The number of aromatic nitrogens is 3. The molecule has 5 rings (SSSR count). The maximum absolute atomic E-state index is 12.3. The number of morpholine rings is 1. The molecular weight excluding hydrogens is 414 g/mol. The van der Waals surface area contributed by atoms with Crippen molar-refractivity contribution in [1.29, 1.82) is 0 Å². The summed E-state index contributed by atoms with van der Waals surface area (Å²) in [5.74, 6) is 0.247. The lowest BCUT2D eigenvalue weighted by atomic mass is 10.1. The van der Waals surface area contributed by atoms with Crippen LogP contribution in [0.15, 0.2) is 42.6 Å². The molecule has 0 radical (unpaired) electrons. The Kier molecular flexibility index (Phi) is 4.79. The molecule has 8 heteroatoms. The van der Waals surface area contributed by atoms with Gasteiger partial charge in [0.05, 0.1) is 40.5 Å². The minimum atomic E-state index is -0.500. The lowest BCUT2D eigenvalue weighted by molar-refractivity contribution is 0.0988. The highest BCUT2D eigenvalue weighted by molar-refractivity contribution is 6.35. The molecule has 2 aromatic heterocycles. The fraction of sp³-hybridized carbons (Fsp3) is 0.261. The van der Waals surface area contributed by atoms with E-state index in [0.717, 1.165) is 40.2 Å². The van der Waals surface area contributed by atoms with Gasteiger partial charge in [-0.05, 0) is 38.1 Å². The van der Waals surface area contributed by atoms with E-state index >= 15 is 0 Å². The van der Waals surface area contributed by atoms with E-state index in [9.17, 15) is 4.79 Å². The van der Waals surface area contributed by atoms with Crippen LogP contribution in [0.3, 0.4) is 0 Å². The highest BCUT2D eigenvalue weighted by atomic mass is 35.5. The Morgan fingerprint density at radius 1 is 1.26 bits per heavy atom. The second kappa shape index (κ2) is 7.51. The molecule has 4 aromatic rings. The Hall–Kier alpha value is -3.16. The number of nitrogens with two attached hydrogens (primary N) is 1. The molecule has 2 aromatic carbocycles. The van der Waals surface area contributed by atoms with Crippen LogP contribution in [-0.2, 0) is 4.74 Å². The average Bonchev–Trinajstić information content (AvgIpc) is 3.08. The van der Waals surface area contributed by atoms with Gasteiger partial charge in [0.15, 0.2) is 0 Å². The van der Waals surface area contributed by atoms with Crippen molar-refractivity contribution < 1.29 is 9.53 Å². The van der Waals surface area contributed by atoms with Gasteiger partial charge in [-0.15, -0.1) is 0 Å². The van der Waals surface area contributed by atoms with Crippen molar-refractivity contribution in [2.75, 3.05) is 24.7 Å². The summed E-state index contributed by atoms with van der Waals surface area (Å²) < 4.78 is 7.62. The Morgan fingerprint density at radius 3 is 2.87 bits per heavy atom. The molecule has 31 heavy (non-hydrogen) atoms. The van der Waals surface area contributed by atoms with Crippen LogP contribution in [0, 0.1) is 6.92 Å². The zero-order valence-corrected chi connectivity index (χ0v) is 18.1. The topological polar surface area (TPSA) is 86.3 Å².